The molecule has 0 saturated carbocycles. The molecule has 1 N–H and O–H groups in total. The van der Waals surface area contributed by atoms with Gasteiger partial charge in [-0.1, -0.05) is 23.5 Å². The van der Waals surface area contributed by atoms with Crippen LogP contribution in [0.25, 0.3) is 0 Å². The molecule has 0 aliphatic rings. The van der Waals surface area contributed by atoms with Gasteiger partial charge in [-0.2, -0.15) is 0 Å². The molecule has 1 rings (SSSR count). The number of benzene rings is 1. The van der Waals surface area contributed by atoms with Crippen molar-refractivity contribution in [3.63, 3.8) is 0 Å². The molecule has 1 atom stereocenters. The minimum absolute atomic E-state index is 0.161. The van der Waals surface area contributed by atoms with Crippen molar-refractivity contribution < 1.29 is 14.5 Å². The van der Waals surface area contributed by atoms with Crippen molar-refractivity contribution >= 4 is 34.8 Å². The second kappa shape index (κ2) is 7.15. The van der Waals surface area contributed by atoms with Gasteiger partial charge in [-0.05, 0) is 38.7 Å². The van der Waals surface area contributed by atoms with Gasteiger partial charge in [0.2, 0.25) is 5.71 Å². The summed E-state index contributed by atoms with van der Waals surface area (Å²) in [5.41, 5.74) is 0.307. The molecule has 110 valence electrons. The monoisotopic (exact) mass is 313 g/mol. The van der Waals surface area contributed by atoms with E-state index in [-0.39, 0.29) is 5.71 Å². The van der Waals surface area contributed by atoms with Crippen LogP contribution in [-0.4, -0.2) is 31.8 Å². The number of rotatable bonds is 5. The lowest BCUT2D eigenvalue weighted by atomic mass is 10.1. The molecule has 0 aromatic heterocycles. The Labute approximate surface area is 127 Å². The highest BCUT2D eigenvalue weighted by Crippen LogP contribution is 2.21. The Balaban J connectivity index is 3.08. The largest absolute Gasteiger partial charge is 0.591 e. The number of aliphatic carboxylic acids is 1. The normalized spacial score (nSPS) is 14.2. The van der Waals surface area contributed by atoms with Gasteiger partial charge in [-0.25, -0.2) is 4.79 Å². The van der Waals surface area contributed by atoms with Crippen LogP contribution in [0, 0.1) is 0 Å². The average molecular weight is 313 g/mol. The second-order valence-corrected chi connectivity index (χ2v) is 8.31. The summed E-state index contributed by atoms with van der Waals surface area (Å²) in [4.78, 5) is 12.4. The van der Waals surface area contributed by atoms with E-state index in [2.05, 4.69) is 11.3 Å². The number of hydrogen-bond acceptors (Lipinski definition) is 4. The molecule has 0 heterocycles. The summed E-state index contributed by atoms with van der Waals surface area (Å²) in [6.07, 6.45) is 0. The van der Waals surface area contributed by atoms with Crippen molar-refractivity contribution in [2.45, 2.75) is 37.3 Å². The van der Waals surface area contributed by atoms with Crippen LogP contribution in [0.5, 0.6) is 0 Å². The molecular formula is C14H19NO3S2. The fourth-order valence-electron chi connectivity index (χ4n) is 1.31. The number of hydrogen-bond donors (Lipinski definition) is 1. The number of carboxylic acid groups (broad SMARTS) is 1. The lowest BCUT2D eigenvalue weighted by Gasteiger charge is -2.18. The minimum Gasteiger partial charge on any atom is -0.591 e. The van der Waals surface area contributed by atoms with Crippen molar-refractivity contribution in [2.24, 2.45) is 4.40 Å². The summed E-state index contributed by atoms with van der Waals surface area (Å²) in [7, 11) is 0. The average Bonchev–Trinajstić information content (AvgIpc) is 2.35. The zero-order chi connectivity index (χ0) is 15.3. The van der Waals surface area contributed by atoms with Crippen LogP contribution in [0.2, 0.25) is 0 Å². The first-order valence-electron chi connectivity index (χ1n) is 6.23. The number of carbonyl (C=O) groups is 1. The van der Waals surface area contributed by atoms with Gasteiger partial charge in [-0.3, -0.25) is 0 Å². The molecule has 0 fully saturated rings. The summed E-state index contributed by atoms with van der Waals surface area (Å²) >= 11 is 0.0797. The molecule has 0 aliphatic carbocycles. The highest BCUT2D eigenvalue weighted by Gasteiger charge is 2.29. The van der Waals surface area contributed by atoms with Crippen LogP contribution >= 0.6 is 11.8 Å². The van der Waals surface area contributed by atoms with Crippen LogP contribution in [0.1, 0.15) is 33.3 Å². The SMILES string of the molecule is CCSc1ccc(/C(=N\[S+]([O-])C(C)(C)C)C(=O)O)cc1. The summed E-state index contributed by atoms with van der Waals surface area (Å²) in [5, 5.41) is 9.24. The van der Waals surface area contributed by atoms with Crippen molar-refractivity contribution in [1.29, 1.82) is 0 Å². The number of carboxylic acids is 1. The lowest BCUT2D eigenvalue weighted by Crippen LogP contribution is -2.28. The van der Waals surface area contributed by atoms with Gasteiger partial charge in [0.05, 0.1) is 0 Å². The smallest absolute Gasteiger partial charge is 0.359 e. The minimum atomic E-state index is -1.60. The highest BCUT2D eigenvalue weighted by molar-refractivity contribution is 7.99. The maximum atomic E-state index is 12.0. The van der Waals surface area contributed by atoms with Crippen molar-refractivity contribution in [3.05, 3.63) is 29.8 Å². The van der Waals surface area contributed by atoms with Crippen LogP contribution < -0.4 is 0 Å². The van der Waals surface area contributed by atoms with Gasteiger partial charge >= 0.3 is 5.97 Å². The van der Waals surface area contributed by atoms with Gasteiger partial charge in [-0.15, -0.1) is 11.8 Å². The van der Waals surface area contributed by atoms with E-state index in [4.69, 9.17) is 0 Å². The first kappa shape index (κ1) is 17.1. The van der Waals surface area contributed by atoms with Crippen molar-refractivity contribution in [2.75, 3.05) is 5.75 Å². The van der Waals surface area contributed by atoms with Crippen LogP contribution in [0.3, 0.4) is 0 Å². The van der Waals surface area contributed by atoms with E-state index in [1.54, 1.807) is 44.7 Å². The Bertz CT molecular complexity index is 492. The number of thioether (sulfide) groups is 1. The van der Waals surface area contributed by atoms with Crippen LogP contribution in [0.4, 0.5) is 0 Å². The lowest BCUT2D eigenvalue weighted by molar-refractivity contribution is -0.129. The Morgan fingerprint density at radius 3 is 2.30 bits per heavy atom. The van der Waals surface area contributed by atoms with Crippen molar-refractivity contribution in [1.82, 2.24) is 0 Å². The Kier molecular flexibility index (Phi) is 6.10. The molecule has 6 heteroatoms. The third-order valence-corrected chi connectivity index (χ3v) is 4.63. The first-order valence-corrected chi connectivity index (χ1v) is 8.32. The molecule has 1 aromatic carbocycles. The fourth-order valence-corrected chi connectivity index (χ4v) is 2.60. The first-order chi connectivity index (χ1) is 9.25. The molecule has 0 aliphatic heterocycles. The quantitative estimate of drug-likeness (QED) is 0.515. The van der Waals surface area contributed by atoms with E-state index >= 15 is 0 Å². The summed E-state index contributed by atoms with van der Waals surface area (Å²) < 4.78 is 15.3. The third-order valence-electron chi connectivity index (χ3n) is 2.34. The molecule has 1 unspecified atom stereocenters. The second-order valence-electron chi connectivity index (χ2n) is 5.06. The van der Waals surface area contributed by atoms with Gasteiger partial charge in [0.15, 0.2) is 0 Å². The Morgan fingerprint density at radius 2 is 1.90 bits per heavy atom. The Morgan fingerprint density at radius 1 is 1.35 bits per heavy atom. The standard InChI is InChI=1S/C14H19NO3S2/c1-5-19-11-8-6-10(7-9-11)12(13(16)17)15-20(18)14(2,3)4/h6-9H,5H2,1-4H3,(H,16,17)/b15-12+. The topological polar surface area (TPSA) is 72.7 Å². The zero-order valence-electron chi connectivity index (χ0n) is 12.0. The molecule has 0 amide bonds. The highest BCUT2D eigenvalue weighted by atomic mass is 32.2. The third kappa shape index (κ3) is 4.85. The summed E-state index contributed by atoms with van der Waals surface area (Å²) in [5.74, 6) is -0.216. The van der Waals surface area contributed by atoms with Crippen molar-refractivity contribution in [3.8, 4) is 0 Å². The predicted octanol–water partition coefficient (Wildman–Crippen LogP) is 3.13. The van der Waals surface area contributed by atoms with Gasteiger partial charge < -0.3 is 9.66 Å². The molecule has 0 radical (unpaired) electrons. The maximum Gasteiger partial charge on any atom is 0.359 e. The molecule has 1 aromatic rings. The van der Waals surface area contributed by atoms with Gasteiger partial charge in [0, 0.05) is 10.5 Å². The van der Waals surface area contributed by atoms with E-state index < -0.39 is 22.1 Å². The molecule has 4 nitrogen and oxygen atoms in total. The van der Waals surface area contributed by atoms with Gasteiger partial charge in [0.25, 0.3) is 0 Å². The predicted molar refractivity (Wildman–Crippen MR) is 84.9 cm³/mol. The molecule has 20 heavy (non-hydrogen) atoms. The summed E-state index contributed by atoms with van der Waals surface area (Å²) in [6, 6.07) is 7.10. The van der Waals surface area contributed by atoms with Gasteiger partial charge in [0.1, 0.15) is 16.1 Å². The molecule has 0 spiro atoms. The van der Waals surface area contributed by atoms with E-state index in [1.807, 2.05) is 12.1 Å². The van der Waals surface area contributed by atoms with E-state index in [9.17, 15) is 14.5 Å². The van der Waals surface area contributed by atoms with E-state index in [0.29, 0.717) is 5.56 Å². The summed E-state index contributed by atoms with van der Waals surface area (Å²) in [6.45, 7) is 7.32. The molecule has 0 saturated heterocycles. The zero-order valence-corrected chi connectivity index (χ0v) is 13.7. The van der Waals surface area contributed by atoms with E-state index in [1.165, 1.54) is 0 Å². The molecule has 0 bridgehead atoms. The van der Waals surface area contributed by atoms with Crippen LogP contribution in [0.15, 0.2) is 33.6 Å². The number of nitrogens with zero attached hydrogens (tertiary/aromatic N) is 1. The Hall–Kier alpha value is -0.980. The fraction of sp³-hybridized carbons (Fsp3) is 0.429. The van der Waals surface area contributed by atoms with Crippen LogP contribution in [-0.2, 0) is 16.2 Å². The van der Waals surface area contributed by atoms with E-state index in [0.717, 1.165) is 10.6 Å². The molecular weight excluding hydrogens is 294 g/mol. The maximum absolute atomic E-state index is 12.0.